The van der Waals surface area contributed by atoms with Crippen LogP contribution < -0.4 is 5.73 Å². The van der Waals surface area contributed by atoms with Crippen LogP contribution in [0.2, 0.25) is 0 Å². The number of ether oxygens (including phenoxy) is 1. The highest BCUT2D eigenvalue weighted by Crippen LogP contribution is 2.34. The molecule has 0 heterocycles. The van der Waals surface area contributed by atoms with E-state index in [1.807, 2.05) is 0 Å². The van der Waals surface area contributed by atoms with E-state index in [9.17, 15) is 22.4 Å². The van der Waals surface area contributed by atoms with Crippen molar-refractivity contribution in [2.75, 3.05) is 6.61 Å². The molecule has 0 aliphatic carbocycles. The van der Waals surface area contributed by atoms with E-state index in [2.05, 4.69) is 20.7 Å². The van der Waals surface area contributed by atoms with E-state index in [1.165, 1.54) is 6.92 Å². The predicted molar refractivity (Wildman–Crippen MR) is 62.6 cm³/mol. The average molecular weight is 344 g/mol. The summed E-state index contributed by atoms with van der Waals surface area (Å²) < 4.78 is 58.4. The van der Waals surface area contributed by atoms with Crippen LogP contribution in [-0.2, 0) is 9.53 Å². The third-order valence-electron chi connectivity index (χ3n) is 2.29. The first kappa shape index (κ1) is 15.9. The summed E-state index contributed by atoms with van der Waals surface area (Å²) in [5, 5.41) is 0. The first-order chi connectivity index (χ1) is 8.71. The van der Waals surface area contributed by atoms with Crippen molar-refractivity contribution in [1.29, 1.82) is 0 Å². The fraction of sp³-hybridized carbons (Fsp3) is 0.364. The van der Waals surface area contributed by atoms with Crippen LogP contribution in [0.4, 0.5) is 17.6 Å². The van der Waals surface area contributed by atoms with Crippen molar-refractivity contribution in [1.82, 2.24) is 0 Å². The van der Waals surface area contributed by atoms with Crippen LogP contribution in [0.15, 0.2) is 16.6 Å². The summed E-state index contributed by atoms with van der Waals surface area (Å²) in [6, 6.07) is -0.918. The normalized spacial score (nSPS) is 13.2. The second-order valence-electron chi connectivity index (χ2n) is 3.60. The molecular formula is C11H10BrF4NO2. The van der Waals surface area contributed by atoms with Crippen molar-refractivity contribution < 1.29 is 27.1 Å². The average Bonchev–Trinajstić information content (AvgIpc) is 2.27. The van der Waals surface area contributed by atoms with E-state index in [4.69, 9.17) is 5.73 Å². The Morgan fingerprint density at radius 1 is 1.42 bits per heavy atom. The summed E-state index contributed by atoms with van der Waals surface area (Å²) in [5.41, 5.74) is 4.04. The van der Waals surface area contributed by atoms with Gasteiger partial charge in [0.15, 0.2) is 0 Å². The third kappa shape index (κ3) is 3.24. The van der Waals surface area contributed by atoms with Crippen molar-refractivity contribution in [2.24, 2.45) is 5.73 Å². The van der Waals surface area contributed by atoms with Crippen LogP contribution in [0, 0.1) is 11.6 Å². The summed E-state index contributed by atoms with van der Waals surface area (Å²) in [6.07, 6.45) is 0. The van der Waals surface area contributed by atoms with Crippen molar-refractivity contribution in [2.45, 2.75) is 18.9 Å². The van der Waals surface area contributed by atoms with E-state index in [0.29, 0.717) is 0 Å². The Kier molecular flexibility index (Phi) is 4.92. The van der Waals surface area contributed by atoms with E-state index < -0.39 is 35.1 Å². The zero-order chi connectivity index (χ0) is 14.8. The Labute approximate surface area is 114 Å². The second-order valence-corrected chi connectivity index (χ2v) is 4.52. The minimum Gasteiger partial charge on any atom is -0.462 e. The number of halogens is 5. The van der Waals surface area contributed by atoms with Gasteiger partial charge in [0.1, 0.15) is 17.7 Å². The largest absolute Gasteiger partial charge is 0.462 e. The molecule has 1 aromatic rings. The van der Waals surface area contributed by atoms with Crippen LogP contribution >= 0.6 is 15.9 Å². The first-order valence-electron chi connectivity index (χ1n) is 5.16. The van der Waals surface area contributed by atoms with Crippen molar-refractivity contribution in [3.8, 4) is 0 Å². The molecule has 3 nitrogen and oxygen atoms in total. The van der Waals surface area contributed by atoms with Crippen LogP contribution in [-0.4, -0.2) is 18.5 Å². The lowest BCUT2D eigenvalue weighted by atomic mass is 10.0. The third-order valence-corrected chi connectivity index (χ3v) is 2.75. The number of rotatable bonds is 4. The molecule has 0 saturated carbocycles. The van der Waals surface area contributed by atoms with E-state index in [-0.39, 0.29) is 11.1 Å². The van der Waals surface area contributed by atoms with Gasteiger partial charge in [-0.3, -0.25) is 0 Å². The van der Waals surface area contributed by atoms with Gasteiger partial charge in [0.05, 0.1) is 6.61 Å². The maximum atomic E-state index is 13.6. The SMILES string of the molecule is CCOC(=O)C(F)(F)[C@H](N)c1c(F)cc(Br)cc1F. The lowest BCUT2D eigenvalue weighted by Gasteiger charge is -2.22. The molecule has 1 aromatic carbocycles. The summed E-state index contributed by atoms with van der Waals surface area (Å²) in [4.78, 5) is 11.1. The maximum Gasteiger partial charge on any atom is 0.379 e. The summed E-state index contributed by atoms with van der Waals surface area (Å²) >= 11 is 2.80. The quantitative estimate of drug-likeness (QED) is 0.675. The molecule has 0 amide bonds. The van der Waals surface area contributed by atoms with Gasteiger partial charge in [-0.1, -0.05) is 15.9 Å². The second kappa shape index (κ2) is 5.87. The Hall–Kier alpha value is -1.15. The summed E-state index contributed by atoms with van der Waals surface area (Å²) in [6.45, 7) is 1.02. The lowest BCUT2D eigenvalue weighted by Crippen LogP contribution is -2.42. The molecule has 2 N–H and O–H groups in total. The van der Waals surface area contributed by atoms with Gasteiger partial charge in [-0.25, -0.2) is 13.6 Å². The molecule has 0 bridgehead atoms. The van der Waals surface area contributed by atoms with Crippen molar-refractivity contribution in [3.05, 3.63) is 33.8 Å². The number of alkyl halides is 2. The maximum absolute atomic E-state index is 13.6. The molecule has 0 fully saturated rings. The van der Waals surface area contributed by atoms with Crippen LogP contribution in [0.25, 0.3) is 0 Å². The fourth-order valence-electron chi connectivity index (χ4n) is 1.39. The molecule has 0 radical (unpaired) electrons. The number of nitrogens with two attached hydrogens (primary N) is 1. The van der Waals surface area contributed by atoms with E-state index in [1.54, 1.807) is 0 Å². The number of esters is 1. The summed E-state index contributed by atoms with van der Waals surface area (Å²) in [5.74, 6) is -8.71. The number of carbonyl (C=O) groups excluding carboxylic acids is 1. The zero-order valence-corrected chi connectivity index (χ0v) is 11.3. The summed E-state index contributed by atoms with van der Waals surface area (Å²) in [7, 11) is 0. The molecule has 106 valence electrons. The highest BCUT2D eigenvalue weighted by Gasteiger charge is 2.49. The van der Waals surface area contributed by atoms with Crippen LogP contribution in [0.5, 0.6) is 0 Å². The standard InChI is InChI=1S/C11H10BrF4NO2/c1-2-19-10(18)11(15,16)9(17)8-6(13)3-5(12)4-7(8)14/h3-4,9H,2,17H2,1H3/t9-/m1/s1. The highest BCUT2D eigenvalue weighted by molar-refractivity contribution is 9.10. The monoisotopic (exact) mass is 343 g/mol. The predicted octanol–water partition coefficient (Wildman–Crippen LogP) is 2.93. The van der Waals surface area contributed by atoms with Gasteiger partial charge < -0.3 is 10.5 Å². The van der Waals surface area contributed by atoms with Gasteiger partial charge in [-0.15, -0.1) is 0 Å². The Morgan fingerprint density at radius 2 is 1.89 bits per heavy atom. The number of benzene rings is 1. The van der Waals surface area contributed by atoms with Gasteiger partial charge in [-0.2, -0.15) is 8.78 Å². The minimum absolute atomic E-state index is 0.0258. The number of carbonyl (C=O) groups is 1. The van der Waals surface area contributed by atoms with Crippen molar-refractivity contribution >= 4 is 21.9 Å². The molecular weight excluding hydrogens is 334 g/mol. The molecule has 1 rings (SSSR count). The van der Waals surface area contributed by atoms with Gasteiger partial charge in [-0.05, 0) is 19.1 Å². The molecule has 0 aliphatic heterocycles. The zero-order valence-electron chi connectivity index (χ0n) is 9.72. The Balaban J connectivity index is 3.19. The molecule has 0 spiro atoms. The molecule has 1 atom stereocenters. The van der Waals surface area contributed by atoms with Crippen LogP contribution in [0.1, 0.15) is 18.5 Å². The Morgan fingerprint density at radius 3 is 2.32 bits per heavy atom. The van der Waals surface area contributed by atoms with Gasteiger partial charge >= 0.3 is 11.9 Å². The highest BCUT2D eigenvalue weighted by atomic mass is 79.9. The molecule has 0 saturated heterocycles. The number of hydrogen-bond acceptors (Lipinski definition) is 3. The van der Waals surface area contributed by atoms with Gasteiger partial charge in [0.2, 0.25) is 0 Å². The minimum atomic E-state index is -4.23. The first-order valence-corrected chi connectivity index (χ1v) is 5.96. The Bertz CT molecular complexity index is 473. The van der Waals surface area contributed by atoms with Gasteiger partial charge in [0, 0.05) is 10.0 Å². The van der Waals surface area contributed by atoms with Crippen LogP contribution in [0.3, 0.4) is 0 Å². The smallest absolute Gasteiger partial charge is 0.379 e. The molecule has 0 unspecified atom stereocenters. The molecule has 0 aromatic heterocycles. The van der Waals surface area contributed by atoms with E-state index in [0.717, 1.165) is 12.1 Å². The van der Waals surface area contributed by atoms with Gasteiger partial charge in [0.25, 0.3) is 0 Å². The molecule has 19 heavy (non-hydrogen) atoms. The van der Waals surface area contributed by atoms with E-state index >= 15 is 0 Å². The topological polar surface area (TPSA) is 52.3 Å². The lowest BCUT2D eigenvalue weighted by molar-refractivity contribution is -0.175. The van der Waals surface area contributed by atoms with Crippen molar-refractivity contribution in [3.63, 3.8) is 0 Å². The molecule has 8 heteroatoms. The molecule has 0 aliphatic rings. The number of hydrogen-bond donors (Lipinski definition) is 1. The fourth-order valence-corrected chi connectivity index (χ4v) is 1.79.